The summed E-state index contributed by atoms with van der Waals surface area (Å²) in [6.07, 6.45) is 1.21. The second kappa shape index (κ2) is 7.59. The van der Waals surface area contributed by atoms with Gasteiger partial charge in [0.25, 0.3) is 0 Å². The minimum Gasteiger partial charge on any atom is -0.293 e. The van der Waals surface area contributed by atoms with Crippen LogP contribution in [0.4, 0.5) is 8.78 Å². The summed E-state index contributed by atoms with van der Waals surface area (Å²) >= 11 is 1.10. The molecular formula is C16H16F2N2O3S2. The maximum atomic E-state index is 13.2. The molecule has 0 aliphatic heterocycles. The number of carbonyl (C=O) groups excluding carboxylic acids is 1. The first-order chi connectivity index (χ1) is 11.6. The van der Waals surface area contributed by atoms with Crippen molar-refractivity contribution in [3.63, 3.8) is 0 Å². The first-order valence-corrected chi connectivity index (χ1v) is 9.49. The number of thioether (sulfide) groups is 1. The van der Waals surface area contributed by atoms with Gasteiger partial charge in [-0.05, 0) is 37.3 Å². The van der Waals surface area contributed by atoms with Crippen LogP contribution < -0.4 is 0 Å². The maximum Gasteiger partial charge on any atom is 0.244 e. The Bertz CT molecular complexity index is 885. The number of ketones is 1. The van der Waals surface area contributed by atoms with Crippen molar-refractivity contribution in [3.8, 4) is 0 Å². The number of rotatable bonds is 6. The Hall–Kier alpha value is -1.84. The van der Waals surface area contributed by atoms with Gasteiger partial charge in [-0.2, -0.15) is 0 Å². The lowest BCUT2D eigenvalue weighted by atomic mass is 10.1. The molecule has 9 heteroatoms. The molecule has 0 N–H and O–H groups in total. The van der Waals surface area contributed by atoms with Crippen LogP contribution in [0.25, 0.3) is 0 Å². The van der Waals surface area contributed by atoms with E-state index in [0.717, 1.165) is 28.2 Å². The highest BCUT2D eigenvalue weighted by atomic mass is 32.2. The summed E-state index contributed by atoms with van der Waals surface area (Å²) in [5.74, 6) is -2.48. The van der Waals surface area contributed by atoms with Gasteiger partial charge in [0, 0.05) is 25.9 Å². The van der Waals surface area contributed by atoms with Crippen LogP contribution >= 0.6 is 11.8 Å². The van der Waals surface area contributed by atoms with E-state index in [0.29, 0.717) is 5.03 Å². The van der Waals surface area contributed by atoms with Crippen LogP contribution in [-0.2, 0) is 10.0 Å². The highest BCUT2D eigenvalue weighted by Gasteiger charge is 2.20. The molecule has 0 saturated heterocycles. The van der Waals surface area contributed by atoms with Crippen molar-refractivity contribution in [2.75, 3.05) is 14.1 Å². The van der Waals surface area contributed by atoms with E-state index in [9.17, 15) is 22.0 Å². The zero-order chi connectivity index (χ0) is 18.8. The highest BCUT2D eigenvalue weighted by Crippen LogP contribution is 2.25. The number of sulfonamides is 1. The zero-order valence-corrected chi connectivity index (χ0v) is 15.4. The summed E-state index contributed by atoms with van der Waals surface area (Å²) in [5, 5.41) is -0.158. The second-order valence-corrected chi connectivity index (χ2v) is 8.89. The van der Waals surface area contributed by atoms with Gasteiger partial charge in [0.2, 0.25) is 10.0 Å². The van der Waals surface area contributed by atoms with Crippen molar-refractivity contribution in [3.05, 3.63) is 53.7 Å². The van der Waals surface area contributed by atoms with E-state index in [1.165, 1.54) is 38.5 Å². The lowest BCUT2D eigenvalue weighted by Crippen LogP contribution is -2.22. The van der Waals surface area contributed by atoms with Crippen molar-refractivity contribution < 1.29 is 22.0 Å². The number of halogens is 2. The van der Waals surface area contributed by atoms with Crippen LogP contribution in [0.2, 0.25) is 0 Å². The number of hydrogen-bond acceptors (Lipinski definition) is 5. The van der Waals surface area contributed by atoms with Gasteiger partial charge in [0.1, 0.15) is 4.90 Å². The summed E-state index contributed by atoms with van der Waals surface area (Å²) in [7, 11) is -0.738. The van der Waals surface area contributed by atoms with Crippen LogP contribution in [0.15, 0.2) is 46.5 Å². The zero-order valence-electron chi connectivity index (χ0n) is 13.7. The van der Waals surface area contributed by atoms with Crippen LogP contribution in [-0.4, -0.2) is 42.8 Å². The number of aromatic nitrogens is 1. The van der Waals surface area contributed by atoms with Crippen LogP contribution in [0.3, 0.4) is 0 Å². The summed E-state index contributed by atoms with van der Waals surface area (Å²) in [6, 6.07) is 5.88. The Morgan fingerprint density at radius 1 is 1.16 bits per heavy atom. The normalized spacial score (nSPS) is 13.0. The monoisotopic (exact) mass is 386 g/mol. The fourth-order valence-electron chi connectivity index (χ4n) is 1.92. The summed E-state index contributed by atoms with van der Waals surface area (Å²) in [5.41, 5.74) is 0.0608. The fourth-order valence-corrected chi connectivity index (χ4v) is 3.63. The lowest BCUT2D eigenvalue weighted by molar-refractivity contribution is 0.0993. The largest absolute Gasteiger partial charge is 0.293 e. The number of hydrogen-bond donors (Lipinski definition) is 0. The van der Waals surface area contributed by atoms with Gasteiger partial charge < -0.3 is 0 Å². The molecular weight excluding hydrogens is 370 g/mol. The molecule has 1 atom stereocenters. The third kappa shape index (κ3) is 4.42. The van der Waals surface area contributed by atoms with E-state index in [2.05, 4.69) is 4.98 Å². The molecule has 5 nitrogen and oxygen atoms in total. The van der Waals surface area contributed by atoms with E-state index in [1.54, 1.807) is 6.92 Å². The molecule has 0 amide bonds. The average Bonchev–Trinajstić information content (AvgIpc) is 2.57. The van der Waals surface area contributed by atoms with Crippen molar-refractivity contribution in [1.82, 2.24) is 9.29 Å². The Morgan fingerprint density at radius 3 is 2.36 bits per heavy atom. The van der Waals surface area contributed by atoms with Gasteiger partial charge >= 0.3 is 0 Å². The predicted molar refractivity (Wildman–Crippen MR) is 91.1 cm³/mol. The van der Waals surface area contributed by atoms with Gasteiger partial charge in [0.05, 0.1) is 10.3 Å². The molecule has 134 valence electrons. The SMILES string of the molecule is C[C@@H](Sc1ccc(S(=O)(=O)N(C)C)cn1)C(=O)c1ccc(F)c(F)c1. The minimum absolute atomic E-state index is 0.0430. The average molecular weight is 386 g/mol. The van der Waals surface area contributed by atoms with Gasteiger partial charge in [-0.15, -0.1) is 0 Å². The van der Waals surface area contributed by atoms with Gasteiger partial charge in [-0.3, -0.25) is 4.79 Å². The number of Topliss-reactive ketones (excluding diaryl/α,β-unsaturated/α-hetero) is 1. The van der Waals surface area contributed by atoms with Crippen molar-refractivity contribution >= 4 is 27.6 Å². The molecule has 0 unspecified atom stereocenters. The maximum absolute atomic E-state index is 13.2. The third-order valence-electron chi connectivity index (χ3n) is 3.36. The van der Waals surface area contributed by atoms with E-state index in [1.807, 2.05) is 0 Å². The van der Waals surface area contributed by atoms with Crippen molar-refractivity contribution in [2.45, 2.75) is 22.1 Å². The standard InChI is InChI=1S/C16H16F2N2O3S2/c1-10(16(21)11-4-6-13(17)14(18)8-11)24-15-7-5-12(9-19-15)25(22,23)20(2)3/h4-10H,1-3H3/t10-/m1/s1. The Morgan fingerprint density at radius 2 is 1.84 bits per heavy atom. The number of nitrogens with zero attached hydrogens (tertiary/aromatic N) is 2. The molecule has 2 aromatic rings. The quantitative estimate of drug-likeness (QED) is 0.564. The van der Waals surface area contributed by atoms with Gasteiger partial charge in [0.15, 0.2) is 17.4 Å². The first-order valence-electron chi connectivity index (χ1n) is 7.17. The molecule has 0 radical (unpaired) electrons. The van der Waals surface area contributed by atoms with Gasteiger partial charge in [-0.25, -0.2) is 26.5 Å². The second-order valence-electron chi connectivity index (χ2n) is 5.37. The van der Waals surface area contributed by atoms with Crippen LogP contribution in [0.1, 0.15) is 17.3 Å². The molecule has 1 aromatic heterocycles. The summed E-state index contributed by atoms with van der Waals surface area (Å²) in [4.78, 5) is 16.4. The molecule has 0 saturated carbocycles. The first kappa shape index (κ1) is 19.5. The molecule has 1 aromatic carbocycles. The molecule has 0 fully saturated rings. The summed E-state index contributed by atoms with van der Waals surface area (Å²) < 4.78 is 51.2. The Kier molecular flexibility index (Phi) is 5.91. The van der Waals surface area contributed by atoms with E-state index < -0.39 is 26.9 Å². The van der Waals surface area contributed by atoms with Crippen LogP contribution in [0, 0.1) is 11.6 Å². The number of benzene rings is 1. The topological polar surface area (TPSA) is 67.3 Å². The minimum atomic E-state index is -3.57. The number of pyridine rings is 1. The van der Waals surface area contributed by atoms with Gasteiger partial charge in [-0.1, -0.05) is 11.8 Å². The molecule has 0 aliphatic rings. The molecule has 0 spiro atoms. The molecule has 0 aliphatic carbocycles. The number of carbonyl (C=O) groups is 1. The van der Waals surface area contributed by atoms with E-state index >= 15 is 0 Å². The van der Waals surface area contributed by atoms with Crippen LogP contribution in [0.5, 0.6) is 0 Å². The lowest BCUT2D eigenvalue weighted by Gasteiger charge is -2.12. The molecule has 1 heterocycles. The smallest absolute Gasteiger partial charge is 0.244 e. The third-order valence-corrected chi connectivity index (χ3v) is 6.21. The Balaban J connectivity index is 2.13. The van der Waals surface area contributed by atoms with E-state index in [4.69, 9.17) is 0 Å². The predicted octanol–water partition coefficient (Wildman–Crippen LogP) is 2.97. The molecule has 25 heavy (non-hydrogen) atoms. The van der Waals surface area contributed by atoms with Crippen molar-refractivity contribution in [1.29, 1.82) is 0 Å². The molecule has 2 rings (SSSR count). The van der Waals surface area contributed by atoms with Crippen molar-refractivity contribution in [2.24, 2.45) is 0 Å². The fraction of sp³-hybridized carbons (Fsp3) is 0.250. The van der Waals surface area contributed by atoms with E-state index in [-0.39, 0.29) is 16.2 Å². The summed E-state index contributed by atoms with van der Waals surface area (Å²) in [6.45, 7) is 1.61. The highest BCUT2D eigenvalue weighted by molar-refractivity contribution is 8.00. The molecule has 0 bridgehead atoms. The Labute approximate surface area is 149 Å².